The van der Waals surface area contributed by atoms with Crippen LogP contribution in [0.5, 0.6) is 11.5 Å². The minimum absolute atomic E-state index is 0.0410. The second-order valence-electron chi connectivity index (χ2n) is 6.36. The highest BCUT2D eigenvalue weighted by atomic mass is 16.5. The SMILES string of the molecule is COc1ccc(C(O)(c2ccc(OC)cc2)[C@@H]2CCCN2C)cc1. The summed E-state index contributed by atoms with van der Waals surface area (Å²) in [4.78, 5) is 2.24. The Balaban J connectivity index is 2.08. The predicted octanol–water partition coefficient (Wildman–Crippen LogP) is 3.03. The van der Waals surface area contributed by atoms with E-state index in [0.29, 0.717) is 0 Å². The van der Waals surface area contributed by atoms with Gasteiger partial charge in [-0.25, -0.2) is 0 Å². The van der Waals surface area contributed by atoms with Crippen molar-refractivity contribution in [2.24, 2.45) is 0 Å². The van der Waals surface area contributed by atoms with E-state index in [-0.39, 0.29) is 6.04 Å². The number of hydrogen-bond donors (Lipinski definition) is 1. The highest BCUT2D eigenvalue weighted by Crippen LogP contribution is 2.40. The van der Waals surface area contributed by atoms with Crippen LogP contribution in [0.4, 0.5) is 0 Å². The van der Waals surface area contributed by atoms with Crippen LogP contribution in [0.25, 0.3) is 0 Å². The fourth-order valence-corrected chi connectivity index (χ4v) is 3.68. The Hall–Kier alpha value is -2.04. The second-order valence-corrected chi connectivity index (χ2v) is 6.36. The largest absolute Gasteiger partial charge is 0.497 e. The number of benzene rings is 2. The van der Waals surface area contributed by atoms with Gasteiger partial charge in [-0.1, -0.05) is 24.3 Å². The van der Waals surface area contributed by atoms with Crippen molar-refractivity contribution in [3.05, 3.63) is 59.7 Å². The molecule has 0 saturated carbocycles. The Morgan fingerprint density at radius 1 is 0.917 bits per heavy atom. The summed E-state index contributed by atoms with van der Waals surface area (Å²) in [6, 6.07) is 15.5. The zero-order valence-electron chi connectivity index (χ0n) is 14.5. The Kier molecular flexibility index (Phi) is 4.78. The van der Waals surface area contributed by atoms with Crippen LogP contribution >= 0.6 is 0 Å². The molecular formula is C20H25NO3. The quantitative estimate of drug-likeness (QED) is 0.916. The van der Waals surface area contributed by atoms with Crippen molar-refractivity contribution >= 4 is 0 Å². The zero-order chi connectivity index (χ0) is 17.2. The van der Waals surface area contributed by atoms with Gasteiger partial charge in [-0.2, -0.15) is 0 Å². The molecule has 0 amide bonds. The number of likely N-dealkylation sites (N-methyl/N-ethyl adjacent to an activating group) is 1. The van der Waals surface area contributed by atoms with Gasteiger partial charge in [-0.15, -0.1) is 0 Å². The van der Waals surface area contributed by atoms with Gasteiger partial charge in [-0.3, -0.25) is 4.90 Å². The number of ether oxygens (including phenoxy) is 2. The van der Waals surface area contributed by atoms with E-state index < -0.39 is 5.60 Å². The third-order valence-electron chi connectivity index (χ3n) is 5.06. The predicted molar refractivity (Wildman–Crippen MR) is 94.6 cm³/mol. The summed E-state index contributed by atoms with van der Waals surface area (Å²) in [5.41, 5.74) is 0.698. The van der Waals surface area contributed by atoms with E-state index in [2.05, 4.69) is 11.9 Å². The molecule has 1 N–H and O–H groups in total. The topological polar surface area (TPSA) is 41.9 Å². The van der Waals surface area contributed by atoms with Gasteiger partial charge >= 0.3 is 0 Å². The average Bonchev–Trinajstić information content (AvgIpc) is 3.07. The molecule has 0 aromatic heterocycles. The monoisotopic (exact) mass is 327 g/mol. The molecule has 2 aromatic carbocycles. The van der Waals surface area contributed by atoms with E-state index >= 15 is 0 Å². The molecule has 2 aromatic rings. The van der Waals surface area contributed by atoms with Crippen molar-refractivity contribution in [3.63, 3.8) is 0 Å². The lowest BCUT2D eigenvalue weighted by molar-refractivity contribution is 0.00463. The van der Waals surface area contributed by atoms with E-state index in [1.54, 1.807) is 14.2 Å². The number of likely N-dealkylation sites (tertiary alicyclic amines) is 1. The molecule has 0 radical (unpaired) electrons. The fourth-order valence-electron chi connectivity index (χ4n) is 3.68. The van der Waals surface area contributed by atoms with Crippen molar-refractivity contribution in [1.29, 1.82) is 0 Å². The molecule has 3 rings (SSSR count). The van der Waals surface area contributed by atoms with Crippen LogP contribution in [-0.4, -0.2) is 43.9 Å². The number of aliphatic hydroxyl groups is 1. The molecule has 0 bridgehead atoms. The van der Waals surface area contributed by atoms with Crippen LogP contribution < -0.4 is 9.47 Å². The molecule has 1 atom stereocenters. The lowest BCUT2D eigenvalue weighted by atomic mass is 9.79. The van der Waals surface area contributed by atoms with Gasteiger partial charge in [0.1, 0.15) is 17.1 Å². The van der Waals surface area contributed by atoms with Gasteiger partial charge in [0.15, 0.2) is 0 Å². The van der Waals surface area contributed by atoms with Crippen LogP contribution in [0.2, 0.25) is 0 Å². The highest BCUT2D eigenvalue weighted by Gasteiger charge is 2.44. The van der Waals surface area contributed by atoms with Gasteiger partial charge in [0, 0.05) is 6.04 Å². The van der Waals surface area contributed by atoms with Crippen molar-refractivity contribution in [3.8, 4) is 11.5 Å². The molecular weight excluding hydrogens is 302 g/mol. The number of nitrogens with zero attached hydrogens (tertiary/aromatic N) is 1. The normalized spacial score (nSPS) is 18.6. The summed E-state index contributed by atoms with van der Waals surface area (Å²) >= 11 is 0. The smallest absolute Gasteiger partial charge is 0.130 e. The Morgan fingerprint density at radius 3 is 1.71 bits per heavy atom. The van der Waals surface area contributed by atoms with Gasteiger partial charge < -0.3 is 14.6 Å². The van der Waals surface area contributed by atoms with Crippen molar-refractivity contribution in [2.45, 2.75) is 24.5 Å². The Labute approximate surface area is 143 Å². The summed E-state index contributed by atoms with van der Waals surface area (Å²) in [6.45, 7) is 0.999. The first-order valence-electron chi connectivity index (χ1n) is 8.31. The van der Waals surface area contributed by atoms with Crippen molar-refractivity contribution in [2.75, 3.05) is 27.8 Å². The first-order chi connectivity index (χ1) is 11.6. The van der Waals surface area contributed by atoms with Gasteiger partial charge in [0.2, 0.25) is 0 Å². The molecule has 0 spiro atoms. The van der Waals surface area contributed by atoms with E-state index in [1.165, 1.54) is 0 Å². The highest BCUT2D eigenvalue weighted by molar-refractivity contribution is 5.42. The van der Waals surface area contributed by atoms with E-state index in [9.17, 15) is 5.11 Å². The molecule has 0 aliphatic carbocycles. The number of methoxy groups -OCH3 is 2. The minimum atomic E-state index is -1.07. The molecule has 4 heteroatoms. The minimum Gasteiger partial charge on any atom is -0.497 e. The number of rotatable bonds is 5. The standard InChI is InChI=1S/C20H25NO3/c1-21-14-4-5-19(21)20(22,15-6-10-17(23-2)11-7-15)16-8-12-18(24-3)13-9-16/h6-13,19,22H,4-5,14H2,1-3H3/t19-/m0/s1. The lowest BCUT2D eigenvalue weighted by Gasteiger charge is -2.39. The van der Waals surface area contributed by atoms with Gasteiger partial charge in [0.25, 0.3) is 0 Å². The average molecular weight is 327 g/mol. The van der Waals surface area contributed by atoms with Crippen LogP contribution in [0.1, 0.15) is 24.0 Å². The van der Waals surface area contributed by atoms with Crippen molar-refractivity contribution < 1.29 is 14.6 Å². The third kappa shape index (κ3) is 2.87. The maximum atomic E-state index is 11.8. The molecule has 24 heavy (non-hydrogen) atoms. The molecule has 1 aliphatic rings. The molecule has 128 valence electrons. The van der Waals surface area contributed by atoms with Crippen LogP contribution in [-0.2, 0) is 5.60 Å². The summed E-state index contributed by atoms with van der Waals surface area (Å²) in [5, 5.41) is 11.8. The third-order valence-corrected chi connectivity index (χ3v) is 5.06. The first kappa shape index (κ1) is 16.8. The molecule has 0 unspecified atom stereocenters. The number of hydrogen-bond acceptors (Lipinski definition) is 4. The Morgan fingerprint density at radius 2 is 1.38 bits per heavy atom. The zero-order valence-corrected chi connectivity index (χ0v) is 14.5. The van der Waals surface area contributed by atoms with Crippen LogP contribution in [0, 0.1) is 0 Å². The summed E-state index contributed by atoms with van der Waals surface area (Å²) < 4.78 is 10.5. The molecule has 1 fully saturated rings. The van der Waals surface area contributed by atoms with Gasteiger partial charge in [-0.05, 0) is 61.8 Å². The molecule has 4 nitrogen and oxygen atoms in total. The van der Waals surface area contributed by atoms with E-state index in [4.69, 9.17) is 9.47 Å². The lowest BCUT2D eigenvalue weighted by Crippen LogP contribution is -2.46. The molecule has 1 saturated heterocycles. The van der Waals surface area contributed by atoms with Crippen LogP contribution in [0.15, 0.2) is 48.5 Å². The second kappa shape index (κ2) is 6.83. The van der Waals surface area contributed by atoms with Crippen molar-refractivity contribution in [1.82, 2.24) is 4.90 Å². The Bertz CT molecular complexity index is 619. The molecule has 1 aliphatic heterocycles. The summed E-state index contributed by atoms with van der Waals surface area (Å²) in [7, 11) is 5.38. The maximum Gasteiger partial charge on any atom is 0.130 e. The van der Waals surface area contributed by atoms with Gasteiger partial charge in [0.05, 0.1) is 14.2 Å². The molecule has 1 heterocycles. The fraction of sp³-hybridized carbons (Fsp3) is 0.400. The first-order valence-corrected chi connectivity index (χ1v) is 8.31. The maximum absolute atomic E-state index is 11.8. The van der Waals surface area contributed by atoms with E-state index in [0.717, 1.165) is 42.0 Å². The summed E-state index contributed by atoms with van der Waals surface area (Å²) in [5.74, 6) is 1.58. The van der Waals surface area contributed by atoms with E-state index in [1.807, 2.05) is 48.5 Å². The summed E-state index contributed by atoms with van der Waals surface area (Å²) in [6.07, 6.45) is 2.06. The van der Waals surface area contributed by atoms with Crippen LogP contribution in [0.3, 0.4) is 0 Å².